The minimum Gasteiger partial charge on any atom is -0.507 e. The van der Waals surface area contributed by atoms with Gasteiger partial charge in [0.25, 0.3) is 0 Å². The topological polar surface area (TPSA) is 38.7 Å². The highest BCUT2D eigenvalue weighted by atomic mass is 16.5. The van der Waals surface area contributed by atoms with Crippen LogP contribution in [0.3, 0.4) is 0 Å². The number of hydrogen-bond acceptors (Lipinski definition) is 3. The van der Waals surface area contributed by atoms with Crippen LogP contribution >= 0.6 is 0 Å². The highest BCUT2D eigenvalue weighted by molar-refractivity contribution is 6.01. The van der Waals surface area contributed by atoms with Crippen LogP contribution in [0, 0.1) is 5.92 Å². The van der Waals surface area contributed by atoms with Crippen molar-refractivity contribution in [1.29, 1.82) is 0 Å². The van der Waals surface area contributed by atoms with E-state index in [1.165, 1.54) is 18.4 Å². The van der Waals surface area contributed by atoms with Gasteiger partial charge in [0.2, 0.25) is 0 Å². The maximum atomic E-state index is 10.1. The summed E-state index contributed by atoms with van der Waals surface area (Å²) in [5, 5.41) is 11.9. The van der Waals surface area contributed by atoms with Crippen LogP contribution < -0.4 is 9.47 Å². The highest BCUT2D eigenvalue weighted by Crippen LogP contribution is 2.54. The van der Waals surface area contributed by atoms with Crippen LogP contribution in [0.15, 0.2) is 24.3 Å². The summed E-state index contributed by atoms with van der Waals surface area (Å²) in [4.78, 5) is 0. The normalized spacial score (nSPS) is 21.1. The molecule has 1 fully saturated rings. The molecule has 0 radical (unpaired) electrons. The molecule has 1 atom stereocenters. The summed E-state index contributed by atoms with van der Waals surface area (Å²) < 4.78 is 11.4. The Morgan fingerprint density at radius 2 is 2.00 bits per heavy atom. The number of phenols is 1. The summed E-state index contributed by atoms with van der Waals surface area (Å²) in [5.74, 6) is 2.46. The quantitative estimate of drug-likeness (QED) is 0.877. The van der Waals surface area contributed by atoms with E-state index in [-0.39, 0.29) is 11.9 Å². The van der Waals surface area contributed by atoms with Crippen molar-refractivity contribution in [2.24, 2.45) is 5.92 Å². The van der Waals surface area contributed by atoms with Gasteiger partial charge in [0, 0.05) is 16.9 Å². The molecule has 1 aliphatic heterocycles. The van der Waals surface area contributed by atoms with Gasteiger partial charge in [-0.15, -0.1) is 0 Å². The van der Waals surface area contributed by atoms with Crippen LogP contribution in [-0.4, -0.2) is 12.2 Å². The van der Waals surface area contributed by atoms with Gasteiger partial charge in [-0.05, 0) is 31.0 Å². The van der Waals surface area contributed by atoms with Gasteiger partial charge in [-0.3, -0.25) is 0 Å². The Hall–Kier alpha value is -1.90. The first kappa shape index (κ1) is 10.1. The number of benzene rings is 2. The Balaban J connectivity index is 2.05. The summed E-state index contributed by atoms with van der Waals surface area (Å²) in [7, 11) is 1.62. The number of rotatable bonds is 2. The van der Waals surface area contributed by atoms with E-state index in [1.54, 1.807) is 13.2 Å². The molecule has 1 N–H and O–H groups in total. The lowest BCUT2D eigenvalue weighted by Crippen LogP contribution is -2.03. The van der Waals surface area contributed by atoms with E-state index in [2.05, 4.69) is 6.07 Å². The first-order chi connectivity index (χ1) is 8.79. The molecule has 2 aliphatic rings. The van der Waals surface area contributed by atoms with Crippen molar-refractivity contribution in [2.45, 2.75) is 18.9 Å². The van der Waals surface area contributed by atoms with Crippen LogP contribution in [0.2, 0.25) is 0 Å². The van der Waals surface area contributed by atoms with Crippen molar-refractivity contribution in [2.75, 3.05) is 7.11 Å². The Kier molecular flexibility index (Phi) is 1.85. The smallest absolute Gasteiger partial charge is 0.130 e. The van der Waals surface area contributed by atoms with Gasteiger partial charge < -0.3 is 14.6 Å². The van der Waals surface area contributed by atoms with Crippen molar-refractivity contribution in [3.05, 3.63) is 29.8 Å². The summed E-state index contributed by atoms with van der Waals surface area (Å²) in [5.41, 5.74) is 1.19. The average Bonchev–Trinajstić information content (AvgIpc) is 3.17. The number of hydrogen-bond donors (Lipinski definition) is 1. The molecule has 0 amide bonds. The van der Waals surface area contributed by atoms with Gasteiger partial charge >= 0.3 is 0 Å². The minimum atomic E-state index is 0.162. The van der Waals surface area contributed by atoms with Crippen molar-refractivity contribution < 1.29 is 14.6 Å². The fraction of sp³-hybridized carbons (Fsp3) is 0.333. The van der Waals surface area contributed by atoms with Crippen LogP contribution in [-0.2, 0) is 0 Å². The Labute approximate surface area is 105 Å². The monoisotopic (exact) mass is 242 g/mol. The molecule has 0 saturated heterocycles. The first-order valence-electron chi connectivity index (χ1n) is 6.29. The van der Waals surface area contributed by atoms with Gasteiger partial charge in [-0.2, -0.15) is 0 Å². The fourth-order valence-electron chi connectivity index (χ4n) is 2.90. The van der Waals surface area contributed by atoms with E-state index in [1.807, 2.05) is 12.1 Å². The van der Waals surface area contributed by atoms with Gasteiger partial charge in [0.1, 0.15) is 23.4 Å². The maximum Gasteiger partial charge on any atom is 0.130 e. The molecule has 1 saturated carbocycles. The van der Waals surface area contributed by atoms with E-state index in [9.17, 15) is 5.11 Å². The van der Waals surface area contributed by atoms with Crippen LogP contribution in [0.4, 0.5) is 0 Å². The van der Waals surface area contributed by atoms with E-state index in [0.717, 1.165) is 16.5 Å². The zero-order valence-corrected chi connectivity index (χ0v) is 10.1. The molecule has 4 rings (SSSR count). The van der Waals surface area contributed by atoms with E-state index >= 15 is 0 Å². The second-order valence-electron chi connectivity index (χ2n) is 5.07. The van der Waals surface area contributed by atoms with Crippen molar-refractivity contribution in [3.63, 3.8) is 0 Å². The van der Waals surface area contributed by atoms with E-state index in [4.69, 9.17) is 9.47 Å². The molecule has 0 bridgehead atoms. The van der Waals surface area contributed by atoms with Crippen molar-refractivity contribution >= 4 is 10.8 Å². The van der Waals surface area contributed by atoms with E-state index in [0.29, 0.717) is 11.7 Å². The van der Waals surface area contributed by atoms with Crippen molar-refractivity contribution in [3.8, 4) is 17.2 Å². The molecule has 0 spiro atoms. The van der Waals surface area contributed by atoms with Gasteiger partial charge in [0.05, 0.1) is 12.5 Å². The molecule has 1 aliphatic carbocycles. The van der Waals surface area contributed by atoms with Crippen LogP contribution in [0.25, 0.3) is 10.8 Å². The predicted molar refractivity (Wildman–Crippen MR) is 68.3 cm³/mol. The first-order valence-corrected chi connectivity index (χ1v) is 6.29. The van der Waals surface area contributed by atoms with Gasteiger partial charge in [-0.1, -0.05) is 6.07 Å². The number of phenolic OH excluding ortho intramolecular Hbond substituents is 1. The summed E-state index contributed by atoms with van der Waals surface area (Å²) in [6.45, 7) is 0. The van der Waals surface area contributed by atoms with Gasteiger partial charge in [0.15, 0.2) is 0 Å². The number of ether oxygens (including phenoxy) is 2. The third-order valence-corrected chi connectivity index (χ3v) is 3.92. The second kappa shape index (κ2) is 3.31. The molecule has 3 nitrogen and oxygen atoms in total. The molecule has 92 valence electrons. The molecule has 18 heavy (non-hydrogen) atoms. The van der Waals surface area contributed by atoms with Gasteiger partial charge in [-0.25, -0.2) is 0 Å². The van der Waals surface area contributed by atoms with Crippen molar-refractivity contribution in [1.82, 2.24) is 0 Å². The predicted octanol–water partition coefficient (Wildman–Crippen LogP) is 3.40. The fourth-order valence-corrected chi connectivity index (χ4v) is 2.90. The summed E-state index contributed by atoms with van der Waals surface area (Å²) in [6, 6.07) is 7.52. The molecular formula is C15H14O3. The van der Waals surface area contributed by atoms with Crippen LogP contribution in [0.5, 0.6) is 17.2 Å². The lowest BCUT2D eigenvalue weighted by Gasteiger charge is -2.11. The molecule has 0 aromatic heterocycles. The third kappa shape index (κ3) is 1.19. The molecular weight excluding hydrogens is 228 g/mol. The Morgan fingerprint density at radius 1 is 1.17 bits per heavy atom. The Morgan fingerprint density at radius 3 is 2.72 bits per heavy atom. The molecule has 2 aromatic rings. The highest BCUT2D eigenvalue weighted by Gasteiger charge is 2.39. The molecule has 0 unspecified atom stereocenters. The summed E-state index contributed by atoms with van der Waals surface area (Å²) in [6.07, 6.45) is 2.63. The largest absolute Gasteiger partial charge is 0.507 e. The lowest BCUT2D eigenvalue weighted by atomic mass is 9.98. The van der Waals surface area contributed by atoms with Crippen LogP contribution in [0.1, 0.15) is 24.5 Å². The molecule has 1 heterocycles. The zero-order chi connectivity index (χ0) is 12.3. The number of aromatic hydroxyl groups is 1. The number of methoxy groups -OCH3 is 1. The molecule has 3 heteroatoms. The molecule has 2 aromatic carbocycles. The standard InChI is InChI=1S/C15H14O3/c1-17-11-6-4-9-13-12(7-5-10(16)14(11)13)18-15(9)8-2-3-8/h4-8,15-16H,2-3H2,1H3/t15-/m0/s1. The third-order valence-electron chi connectivity index (χ3n) is 3.92. The SMILES string of the molecule is COc1ccc2c3c(ccc(O)c13)O[C@H]2C1CC1. The second-order valence-corrected chi connectivity index (χ2v) is 5.07. The Bertz CT molecular complexity index is 644. The zero-order valence-electron chi connectivity index (χ0n) is 10.1. The average molecular weight is 242 g/mol. The lowest BCUT2D eigenvalue weighted by molar-refractivity contribution is 0.199. The maximum absolute atomic E-state index is 10.1. The summed E-state index contributed by atoms with van der Waals surface area (Å²) >= 11 is 0. The van der Waals surface area contributed by atoms with E-state index < -0.39 is 0 Å². The minimum absolute atomic E-state index is 0.162.